The number of carbonyl (C=O) groups excluding carboxylic acids is 1. The molecular formula is C48H94N2O6P+. The smallest absolute Gasteiger partial charge is 0.387 e. The predicted molar refractivity (Wildman–Crippen MR) is 244 cm³/mol. The third-order valence-corrected chi connectivity index (χ3v) is 11.6. The van der Waals surface area contributed by atoms with E-state index in [1.807, 2.05) is 27.2 Å². The van der Waals surface area contributed by atoms with Gasteiger partial charge in [-0.2, -0.15) is 0 Å². The molecule has 1 amide bonds. The van der Waals surface area contributed by atoms with E-state index < -0.39 is 20.0 Å². The number of allylic oxidation sites excluding steroid dienone is 5. The van der Waals surface area contributed by atoms with Gasteiger partial charge in [0.25, 0.3) is 0 Å². The monoisotopic (exact) mass is 826 g/mol. The Morgan fingerprint density at radius 1 is 0.596 bits per heavy atom. The first kappa shape index (κ1) is 55.7. The van der Waals surface area contributed by atoms with Gasteiger partial charge in [0.2, 0.25) is 5.91 Å². The number of carbonyl (C=O) groups is 1. The average molecular weight is 826 g/mol. The van der Waals surface area contributed by atoms with E-state index in [-0.39, 0.29) is 19.1 Å². The average Bonchev–Trinajstić information content (AvgIpc) is 3.16. The van der Waals surface area contributed by atoms with Gasteiger partial charge in [-0.25, -0.2) is 4.57 Å². The van der Waals surface area contributed by atoms with Crippen LogP contribution in [-0.2, 0) is 18.4 Å². The number of rotatable bonds is 43. The van der Waals surface area contributed by atoms with Crippen molar-refractivity contribution in [3.8, 4) is 0 Å². The van der Waals surface area contributed by atoms with Crippen LogP contribution in [0.1, 0.15) is 213 Å². The summed E-state index contributed by atoms with van der Waals surface area (Å²) >= 11 is 0. The summed E-state index contributed by atoms with van der Waals surface area (Å²) in [5.41, 5.74) is 0. The van der Waals surface area contributed by atoms with Crippen molar-refractivity contribution in [3.05, 3.63) is 36.5 Å². The number of aliphatic hydroxyl groups is 1. The van der Waals surface area contributed by atoms with Crippen LogP contribution in [0, 0.1) is 0 Å². The molecule has 8 nitrogen and oxygen atoms in total. The lowest BCUT2D eigenvalue weighted by molar-refractivity contribution is -0.870. The van der Waals surface area contributed by atoms with Gasteiger partial charge >= 0.3 is 7.82 Å². The van der Waals surface area contributed by atoms with Crippen molar-refractivity contribution in [1.82, 2.24) is 5.32 Å². The van der Waals surface area contributed by atoms with E-state index in [4.69, 9.17) is 9.05 Å². The second kappa shape index (κ2) is 40.1. The molecule has 0 rings (SSSR count). The molecule has 0 bridgehead atoms. The zero-order valence-corrected chi connectivity index (χ0v) is 39.0. The molecule has 0 aliphatic heterocycles. The van der Waals surface area contributed by atoms with E-state index in [9.17, 15) is 19.4 Å². The molecule has 57 heavy (non-hydrogen) atoms. The van der Waals surface area contributed by atoms with Crippen LogP contribution < -0.4 is 5.32 Å². The lowest BCUT2D eigenvalue weighted by atomic mass is 10.0. The van der Waals surface area contributed by atoms with Crippen LogP contribution in [0.2, 0.25) is 0 Å². The van der Waals surface area contributed by atoms with E-state index in [1.165, 1.54) is 122 Å². The predicted octanol–water partition coefficient (Wildman–Crippen LogP) is 13.5. The van der Waals surface area contributed by atoms with Crippen LogP contribution in [0.4, 0.5) is 0 Å². The molecule has 3 unspecified atom stereocenters. The molecule has 0 saturated carbocycles. The summed E-state index contributed by atoms with van der Waals surface area (Å²) in [6.07, 6.45) is 49.4. The molecule has 0 radical (unpaired) electrons. The maximum Gasteiger partial charge on any atom is 0.472 e. The van der Waals surface area contributed by atoms with Crippen molar-refractivity contribution in [2.75, 3.05) is 40.9 Å². The van der Waals surface area contributed by atoms with Gasteiger partial charge in [0.1, 0.15) is 13.2 Å². The minimum absolute atomic E-state index is 0.0584. The van der Waals surface area contributed by atoms with Crippen molar-refractivity contribution in [1.29, 1.82) is 0 Å². The summed E-state index contributed by atoms with van der Waals surface area (Å²) in [7, 11) is 1.56. The van der Waals surface area contributed by atoms with Crippen LogP contribution in [-0.4, -0.2) is 73.4 Å². The molecule has 0 heterocycles. The molecule has 0 spiro atoms. The molecular weight excluding hydrogens is 732 g/mol. The van der Waals surface area contributed by atoms with E-state index in [0.29, 0.717) is 17.4 Å². The van der Waals surface area contributed by atoms with E-state index in [1.54, 1.807) is 6.08 Å². The van der Waals surface area contributed by atoms with Crippen molar-refractivity contribution < 1.29 is 32.9 Å². The Morgan fingerprint density at radius 2 is 1.04 bits per heavy atom. The third kappa shape index (κ3) is 42.6. The minimum atomic E-state index is -4.34. The van der Waals surface area contributed by atoms with Crippen molar-refractivity contribution in [3.63, 3.8) is 0 Å². The third-order valence-electron chi connectivity index (χ3n) is 10.6. The number of hydrogen-bond donors (Lipinski definition) is 3. The Morgan fingerprint density at radius 3 is 1.51 bits per heavy atom. The van der Waals surface area contributed by atoms with Gasteiger partial charge in [-0.15, -0.1) is 0 Å². The van der Waals surface area contributed by atoms with E-state index >= 15 is 0 Å². The van der Waals surface area contributed by atoms with Crippen LogP contribution in [0.15, 0.2) is 36.5 Å². The number of unbranched alkanes of at least 4 members (excludes halogenated alkanes) is 26. The number of nitrogens with zero attached hydrogens (tertiary/aromatic N) is 1. The van der Waals surface area contributed by atoms with Crippen molar-refractivity contribution in [2.24, 2.45) is 0 Å². The van der Waals surface area contributed by atoms with Crippen LogP contribution >= 0.6 is 7.82 Å². The summed E-state index contributed by atoms with van der Waals surface area (Å²) in [4.78, 5) is 23.1. The van der Waals surface area contributed by atoms with Gasteiger partial charge in [-0.1, -0.05) is 198 Å². The van der Waals surface area contributed by atoms with Gasteiger partial charge in [0, 0.05) is 6.42 Å². The first-order valence-corrected chi connectivity index (χ1v) is 25.4. The summed E-state index contributed by atoms with van der Waals surface area (Å²) in [5.74, 6) is -0.192. The van der Waals surface area contributed by atoms with Crippen LogP contribution in [0.25, 0.3) is 0 Å². The fraction of sp³-hybridized carbons (Fsp3) is 0.854. The molecule has 0 aliphatic carbocycles. The molecule has 0 aromatic heterocycles. The fourth-order valence-corrected chi connectivity index (χ4v) is 7.52. The number of phosphoric acid groups is 1. The highest BCUT2D eigenvalue weighted by Crippen LogP contribution is 2.43. The summed E-state index contributed by atoms with van der Waals surface area (Å²) in [6.45, 7) is 4.74. The fourth-order valence-electron chi connectivity index (χ4n) is 6.79. The molecule has 0 fully saturated rings. The normalized spacial score (nSPS) is 14.6. The first-order chi connectivity index (χ1) is 27.5. The molecule has 336 valence electrons. The number of nitrogens with one attached hydrogen (secondary N) is 1. The SMILES string of the molecule is CCC/C=C\C/C=C\CCCCCCCC(=O)NC(COP(=O)(O)OCC[N+](C)(C)C)C(O)/C=C/CCCCCCCCCCCCCCCCCCCCCC. The second-order valence-corrected chi connectivity index (χ2v) is 18.9. The topological polar surface area (TPSA) is 105 Å². The zero-order chi connectivity index (χ0) is 42.1. The van der Waals surface area contributed by atoms with Crippen molar-refractivity contribution in [2.45, 2.75) is 225 Å². The summed E-state index contributed by atoms with van der Waals surface area (Å²) in [5, 5.41) is 13.8. The van der Waals surface area contributed by atoms with Gasteiger partial charge < -0.3 is 19.8 Å². The molecule has 3 atom stereocenters. The number of phosphoric ester groups is 1. The van der Waals surface area contributed by atoms with Crippen LogP contribution in [0.3, 0.4) is 0 Å². The largest absolute Gasteiger partial charge is 0.472 e. The molecule has 0 aromatic rings. The molecule has 0 aromatic carbocycles. The van der Waals surface area contributed by atoms with Crippen molar-refractivity contribution >= 4 is 13.7 Å². The van der Waals surface area contributed by atoms with Crippen LogP contribution in [0.5, 0.6) is 0 Å². The molecule has 0 aliphatic rings. The van der Waals surface area contributed by atoms with Gasteiger partial charge in [-0.3, -0.25) is 13.8 Å². The Hall–Kier alpha value is -1.28. The lowest BCUT2D eigenvalue weighted by Gasteiger charge is -2.25. The minimum Gasteiger partial charge on any atom is -0.387 e. The Bertz CT molecular complexity index is 1030. The quantitative estimate of drug-likeness (QED) is 0.0245. The Labute approximate surface area is 353 Å². The lowest BCUT2D eigenvalue weighted by Crippen LogP contribution is -2.45. The highest BCUT2D eigenvalue weighted by atomic mass is 31.2. The van der Waals surface area contributed by atoms with Gasteiger partial charge in [0.15, 0.2) is 0 Å². The highest BCUT2D eigenvalue weighted by Gasteiger charge is 2.27. The van der Waals surface area contributed by atoms with Gasteiger partial charge in [-0.05, 0) is 44.9 Å². The Kier molecular flexibility index (Phi) is 39.2. The number of amides is 1. The number of likely N-dealkylation sites (N-methyl/N-ethyl adjacent to an activating group) is 1. The second-order valence-electron chi connectivity index (χ2n) is 17.5. The zero-order valence-electron chi connectivity index (χ0n) is 38.1. The maximum atomic E-state index is 12.9. The Balaban J connectivity index is 4.32. The number of hydrogen-bond acceptors (Lipinski definition) is 5. The maximum absolute atomic E-state index is 12.9. The molecule has 9 heteroatoms. The highest BCUT2D eigenvalue weighted by molar-refractivity contribution is 7.47. The standard InChI is InChI=1S/C48H93N2O6P/c1-6-8-10-12-14-16-18-20-21-22-23-24-25-26-27-28-30-31-33-35-37-39-41-47(51)46(45-56-57(53,54)55-44-43-50(3,4)5)49-48(52)42-40-38-36-34-32-29-19-17-15-13-11-9-7-2/h11,13,17,19,39,41,46-47,51H,6-10,12,14-16,18,20-38,40,42-45H2,1-5H3,(H-,49,52,53,54)/p+1/b13-11-,19-17-,41-39+. The number of aliphatic hydroxyl groups excluding tert-OH is 1. The molecule has 3 N–H and O–H groups in total. The first-order valence-electron chi connectivity index (χ1n) is 23.9. The summed E-state index contributed by atoms with van der Waals surface area (Å²) < 4.78 is 23.6. The molecule has 0 saturated heterocycles. The van der Waals surface area contributed by atoms with E-state index in [0.717, 1.165) is 70.6 Å². The summed E-state index contributed by atoms with van der Waals surface area (Å²) in [6, 6.07) is -0.852. The van der Waals surface area contributed by atoms with E-state index in [2.05, 4.69) is 43.5 Å². The number of quaternary nitrogens is 1. The van der Waals surface area contributed by atoms with Gasteiger partial charge in [0.05, 0.1) is 39.9 Å².